The molecule has 0 aromatic carbocycles. The van der Waals surface area contributed by atoms with Crippen molar-refractivity contribution in [2.24, 2.45) is 0 Å². The lowest BCUT2D eigenvalue weighted by molar-refractivity contribution is 0.236. The fourth-order valence-electron chi connectivity index (χ4n) is 1.04. The first-order chi connectivity index (χ1) is 7.13. The molecule has 0 saturated heterocycles. The molecule has 15 heavy (non-hydrogen) atoms. The summed E-state index contributed by atoms with van der Waals surface area (Å²) in [6.45, 7) is 1.32. The molecule has 1 rings (SSSR count). The third kappa shape index (κ3) is 4.15. The molecule has 1 N–H and O–H groups in total. The average molecular weight is 275 g/mol. The van der Waals surface area contributed by atoms with Crippen molar-refractivity contribution in [3.63, 3.8) is 0 Å². The SMILES string of the molecule is CN(C)CCOc1ncc(Br)cc1CO. The van der Waals surface area contributed by atoms with Crippen LogP contribution in [0.15, 0.2) is 16.7 Å². The Hall–Kier alpha value is -0.650. The Morgan fingerprint density at radius 1 is 1.53 bits per heavy atom. The average Bonchev–Trinajstić information content (AvgIpc) is 2.19. The van der Waals surface area contributed by atoms with Crippen LogP contribution < -0.4 is 4.74 Å². The van der Waals surface area contributed by atoms with Crippen molar-refractivity contribution in [2.75, 3.05) is 27.2 Å². The van der Waals surface area contributed by atoms with Crippen LogP contribution in [0.2, 0.25) is 0 Å². The number of halogens is 1. The molecule has 1 aromatic rings. The van der Waals surface area contributed by atoms with E-state index in [1.54, 1.807) is 12.3 Å². The summed E-state index contributed by atoms with van der Waals surface area (Å²) in [4.78, 5) is 6.12. The van der Waals surface area contributed by atoms with Crippen LogP contribution in [-0.2, 0) is 6.61 Å². The van der Waals surface area contributed by atoms with Crippen LogP contribution in [0.4, 0.5) is 0 Å². The summed E-state index contributed by atoms with van der Waals surface area (Å²) in [5.74, 6) is 0.502. The minimum atomic E-state index is -0.0657. The first-order valence-electron chi connectivity index (χ1n) is 4.66. The molecule has 5 heteroatoms. The van der Waals surface area contributed by atoms with Crippen LogP contribution in [-0.4, -0.2) is 42.2 Å². The summed E-state index contributed by atoms with van der Waals surface area (Å²) in [6.07, 6.45) is 1.66. The largest absolute Gasteiger partial charge is 0.476 e. The number of aliphatic hydroxyl groups is 1. The molecule has 0 atom stereocenters. The number of aromatic nitrogens is 1. The van der Waals surface area contributed by atoms with Crippen molar-refractivity contribution < 1.29 is 9.84 Å². The molecule has 0 saturated carbocycles. The number of rotatable bonds is 5. The Bertz CT molecular complexity index is 318. The zero-order valence-corrected chi connectivity index (χ0v) is 10.5. The second kappa shape index (κ2) is 6.05. The van der Waals surface area contributed by atoms with Gasteiger partial charge in [-0.25, -0.2) is 4.98 Å². The Morgan fingerprint density at radius 2 is 2.27 bits per heavy atom. The van der Waals surface area contributed by atoms with Gasteiger partial charge in [0.05, 0.1) is 6.61 Å². The van der Waals surface area contributed by atoms with Gasteiger partial charge in [0.25, 0.3) is 0 Å². The fourth-order valence-corrected chi connectivity index (χ4v) is 1.42. The Labute approximate surface area is 98.0 Å². The van der Waals surface area contributed by atoms with Gasteiger partial charge in [-0.3, -0.25) is 0 Å². The number of hydrogen-bond acceptors (Lipinski definition) is 4. The van der Waals surface area contributed by atoms with E-state index in [0.29, 0.717) is 18.1 Å². The van der Waals surface area contributed by atoms with E-state index in [9.17, 15) is 0 Å². The van der Waals surface area contributed by atoms with E-state index >= 15 is 0 Å². The maximum Gasteiger partial charge on any atom is 0.218 e. The van der Waals surface area contributed by atoms with Crippen LogP contribution in [0.5, 0.6) is 5.88 Å². The molecule has 4 nitrogen and oxygen atoms in total. The lowest BCUT2D eigenvalue weighted by Crippen LogP contribution is -2.20. The summed E-state index contributed by atoms with van der Waals surface area (Å²) in [5, 5.41) is 9.10. The number of likely N-dealkylation sites (N-methyl/N-ethyl adjacent to an activating group) is 1. The predicted molar refractivity (Wildman–Crippen MR) is 61.9 cm³/mol. The number of aliphatic hydroxyl groups excluding tert-OH is 1. The quantitative estimate of drug-likeness (QED) is 0.879. The van der Waals surface area contributed by atoms with Gasteiger partial charge in [0, 0.05) is 22.8 Å². The molecule has 1 aromatic heterocycles. The van der Waals surface area contributed by atoms with Crippen LogP contribution >= 0.6 is 15.9 Å². The van der Waals surface area contributed by atoms with Crippen molar-refractivity contribution >= 4 is 15.9 Å². The number of hydrogen-bond donors (Lipinski definition) is 1. The molecule has 0 radical (unpaired) electrons. The van der Waals surface area contributed by atoms with Gasteiger partial charge >= 0.3 is 0 Å². The maximum atomic E-state index is 9.10. The highest BCUT2D eigenvalue weighted by Gasteiger charge is 2.05. The fraction of sp³-hybridized carbons (Fsp3) is 0.500. The Kier molecular flexibility index (Phi) is 5.01. The molecule has 0 aliphatic heterocycles. The third-order valence-corrected chi connectivity index (χ3v) is 2.27. The monoisotopic (exact) mass is 274 g/mol. The Balaban J connectivity index is 2.60. The van der Waals surface area contributed by atoms with Crippen molar-refractivity contribution in [3.8, 4) is 5.88 Å². The van der Waals surface area contributed by atoms with Gasteiger partial charge < -0.3 is 14.7 Å². The van der Waals surface area contributed by atoms with E-state index in [1.165, 1.54) is 0 Å². The highest BCUT2D eigenvalue weighted by atomic mass is 79.9. The molecule has 0 aliphatic rings. The van der Waals surface area contributed by atoms with Crippen molar-refractivity contribution in [1.82, 2.24) is 9.88 Å². The van der Waals surface area contributed by atoms with Gasteiger partial charge in [-0.15, -0.1) is 0 Å². The predicted octanol–water partition coefficient (Wildman–Crippen LogP) is 1.28. The van der Waals surface area contributed by atoms with Crippen molar-refractivity contribution in [1.29, 1.82) is 0 Å². The zero-order valence-electron chi connectivity index (χ0n) is 8.90. The van der Waals surface area contributed by atoms with Crippen LogP contribution in [0.3, 0.4) is 0 Å². The van der Waals surface area contributed by atoms with Gasteiger partial charge in [-0.1, -0.05) is 0 Å². The van der Waals surface area contributed by atoms with Gasteiger partial charge in [0.2, 0.25) is 5.88 Å². The second-order valence-corrected chi connectivity index (χ2v) is 4.34. The normalized spacial score (nSPS) is 10.7. The van der Waals surface area contributed by atoms with Gasteiger partial charge in [0.15, 0.2) is 0 Å². The first kappa shape index (κ1) is 12.4. The van der Waals surface area contributed by atoms with Gasteiger partial charge in [-0.05, 0) is 36.1 Å². The lowest BCUT2D eigenvalue weighted by atomic mass is 10.3. The van der Waals surface area contributed by atoms with Crippen LogP contribution in [0, 0.1) is 0 Å². The zero-order chi connectivity index (χ0) is 11.3. The first-order valence-corrected chi connectivity index (χ1v) is 5.45. The highest BCUT2D eigenvalue weighted by molar-refractivity contribution is 9.10. The van der Waals surface area contributed by atoms with E-state index in [0.717, 1.165) is 11.0 Å². The molecule has 0 aliphatic carbocycles. The van der Waals surface area contributed by atoms with E-state index < -0.39 is 0 Å². The highest BCUT2D eigenvalue weighted by Crippen LogP contribution is 2.19. The standard InChI is InChI=1S/C10H15BrN2O2/c1-13(2)3-4-15-10-8(7-14)5-9(11)6-12-10/h5-6,14H,3-4,7H2,1-2H3. The summed E-state index contributed by atoms with van der Waals surface area (Å²) in [5.41, 5.74) is 0.697. The van der Waals surface area contributed by atoms with E-state index in [2.05, 4.69) is 20.9 Å². The molecule has 84 valence electrons. The third-order valence-electron chi connectivity index (χ3n) is 1.84. The molecule has 0 amide bonds. The molecule has 1 heterocycles. The summed E-state index contributed by atoms with van der Waals surface area (Å²) < 4.78 is 6.30. The van der Waals surface area contributed by atoms with Crippen LogP contribution in [0.1, 0.15) is 5.56 Å². The maximum absolute atomic E-state index is 9.10. The number of nitrogens with zero attached hydrogens (tertiary/aromatic N) is 2. The van der Waals surface area contributed by atoms with Crippen molar-refractivity contribution in [3.05, 3.63) is 22.3 Å². The summed E-state index contributed by atoms with van der Waals surface area (Å²) >= 11 is 3.29. The molecule has 0 spiro atoms. The van der Waals surface area contributed by atoms with Crippen molar-refractivity contribution in [2.45, 2.75) is 6.61 Å². The van der Waals surface area contributed by atoms with Crippen LogP contribution in [0.25, 0.3) is 0 Å². The molecular formula is C10H15BrN2O2. The summed E-state index contributed by atoms with van der Waals surface area (Å²) in [6, 6.07) is 1.80. The lowest BCUT2D eigenvalue weighted by Gasteiger charge is -2.12. The molecular weight excluding hydrogens is 260 g/mol. The molecule has 0 bridgehead atoms. The van der Waals surface area contributed by atoms with Gasteiger partial charge in [-0.2, -0.15) is 0 Å². The Morgan fingerprint density at radius 3 is 2.87 bits per heavy atom. The minimum absolute atomic E-state index is 0.0657. The number of pyridine rings is 1. The smallest absolute Gasteiger partial charge is 0.218 e. The topological polar surface area (TPSA) is 45.6 Å². The second-order valence-electron chi connectivity index (χ2n) is 3.43. The molecule has 0 fully saturated rings. The minimum Gasteiger partial charge on any atom is -0.476 e. The molecule has 0 unspecified atom stereocenters. The number of ether oxygens (including phenoxy) is 1. The van der Waals surface area contributed by atoms with Gasteiger partial charge in [0.1, 0.15) is 6.61 Å². The van der Waals surface area contributed by atoms with E-state index in [-0.39, 0.29) is 6.61 Å². The summed E-state index contributed by atoms with van der Waals surface area (Å²) in [7, 11) is 3.96. The van der Waals surface area contributed by atoms with E-state index in [4.69, 9.17) is 9.84 Å². The van der Waals surface area contributed by atoms with E-state index in [1.807, 2.05) is 19.0 Å².